The van der Waals surface area contributed by atoms with Crippen LogP contribution in [0, 0.1) is 0 Å². The second kappa shape index (κ2) is 13.5. The maximum Gasteiger partial charge on any atom is 0.573 e. The van der Waals surface area contributed by atoms with Crippen molar-refractivity contribution < 1.29 is 32.2 Å². The van der Waals surface area contributed by atoms with Gasteiger partial charge < -0.3 is 14.8 Å². The van der Waals surface area contributed by atoms with E-state index in [1.54, 1.807) is 25.4 Å². The van der Waals surface area contributed by atoms with E-state index < -0.39 is 12.4 Å². The number of thioether (sulfide) groups is 1. The summed E-state index contributed by atoms with van der Waals surface area (Å²) in [7, 11) is 1.58. The van der Waals surface area contributed by atoms with E-state index in [0.717, 1.165) is 16.7 Å². The monoisotopic (exact) mass is 650 g/mol. The zero-order valence-corrected chi connectivity index (χ0v) is 26.0. The van der Waals surface area contributed by atoms with Crippen LogP contribution in [0.2, 0.25) is 0 Å². The highest BCUT2D eigenvalue weighted by Gasteiger charge is 2.33. The molecule has 1 fully saturated rings. The minimum Gasteiger partial charge on any atom is -0.497 e. The molecule has 0 radical (unpaired) electrons. The van der Waals surface area contributed by atoms with Crippen LogP contribution < -0.4 is 19.7 Å². The second-order valence-corrected chi connectivity index (χ2v) is 11.3. The number of hydrogen-bond acceptors (Lipinski definition) is 7. The highest BCUT2D eigenvalue weighted by molar-refractivity contribution is 8.15. The van der Waals surface area contributed by atoms with Crippen LogP contribution in [0.3, 0.4) is 0 Å². The number of carbonyl (C=O) groups is 2. The summed E-state index contributed by atoms with van der Waals surface area (Å²) in [6.45, 7) is 5.86. The van der Waals surface area contributed by atoms with Crippen molar-refractivity contribution in [2.45, 2.75) is 33.1 Å². The number of nitrogens with zero attached hydrogens (tertiary/aromatic N) is 5. The Morgan fingerprint density at radius 1 is 1.07 bits per heavy atom. The van der Waals surface area contributed by atoms with Gasteiger partial charge >= 0.3 is 12.4 Å². The number of methoxy groups -OCH3 is 1. The van der Waals surface area contributed by atoms with Crippen LogP contribution in [0.15, 0.2) is 84.2 Å². The maximum atomic E-state index is 12.8. The van der Waals surface area contributed by atoms with Gasteiger partial charge in [0.1, 0.15) is 17.8 Å². The van der Waals surface area contributed by atoms with Crippen LogP contribution in [0.4, 0.5) is 23.7 Å². The summed E-state index contributed by atoms with van der Waals surface area (Å²) in [4.78, 5) is 35.5. The molecule has 0 unspecified atom stereocenters. The van der Waals surface area contributed by atoms with Crippen molar-refractivity contribution in [3.8, 4) is 28.6 Å². The van der Waals surface area contributed by atoms with Crippen molar-refractivity contribution in [1.82, 2.24) is 20.1 Å². The lowest BCUT2D eigenvalue weighted by atomic mass is 10.00. The molecular weight excluding hydrogens is 621 g/mol. The third-order valence-electron chi connectivity index (χ3n) is 6.90. The van der Waals surface area contributed by atoms with Gasteiger partial charge in [-0.2, -0.15) is 4.99 Å². The Bertz CT molecular complexity index is 1800. The highest BCUT2D eigenvalue weighted by atomic mass is 32.2. The predicted octanol–water partition coefficient (Wildman–Crippen LogP) is 7.17. The van der Waals surface area contributed by atoms with Gasteiger partial charge in [0.2, 0.25) is 5.91 Å². The van der Waals surface area contributed by atoms with Crippen molar-refractivity contribution in [2.75, 3.05) is 17.8 Å². The van der Waals surface area contributed by atoms with E-state index in [2.05, 4.69) is 25.1 Å². The molecule has 1 aromatic heterocycles. The summed E-state index contributed by atoms with van der Waals surface area (Å²) in [5.74, 6) is 0.871. The van der Waals surface area contributed by atoms with Crippen LogP contribution in [0.1, 0.15) is 37.8 Å². The molecule has 3 amide bonds. The number of anilines is 1. The zero-order chi connectivity index (χ0) is 33.0. The molecule has 1 aliphatic heterocycles. The molecule has 1 saturated heterocycles. The average molecular weight is 651 g/mol. The number of aliphatic imine (C=N–C) groups is 1. The first kappa shape index (κ1) is 32.3. The van der Waals surface area contributed by atoms with Gasteiger partial charge in [0.25, 0.3) is 0 Å². The van der Waals surface area contributed by atoms with Crippen molar-refractivity contribution in [3.05, 3.63) is 90.4 Å². The molecule has 238 valence electrons. The van der Waals surface area contributed by atoms with Crippen molar-refractivity contribution in [2.24, 2.45) is 4.99 Å². The van der Waals surface area contributed by atoms with Crippen LogP contribution >= 0.6 is 11.8 Å². The van der Waals surface area contributed by atoms with Gasteiger partial charge in [-0.15, -0.1) is 18.3 Å². The van der Waals surface area contributed by atoms with E-state index in [0.29, 0.717) is 33.7 Å². The lowest BCUT2D eigenvalue weighted by Crippen LogP contribution is -2.31. The molecule has 3 aromatic carbocycles. The molecule has 0 saturated carbocycles. The maximum absolute atomic E-state index is 12.8. The molecule has 0 bridgehead atoms. The Balaban J connectivity index is 1.25. The number of halogens is 3. The quantitative estimate of drug-likeness (QED) is 0.215. The van der Waals surface area contributed by atoms with Gasteiger partial charge in [0.05, 0.1) is 24.2 Å². The molecule has 14 heteroatoms. The third-order valence-corrected chi connectivity index (χ3v) is 7.82. The van der Waals surface area contributed by atoms with E-state index in [1.807, 2.05) is 51.1 Å². The zero-order valence-electron chi connectivity index (χ0n) is 25.2. The SMILES string of the molecule is COc1ccc(N2C(=O)CS/C2=N\C(=O)N/C=C(\C)c2ccc(-c3ncn(-c4ccc(OC(F)(F)F)cc4)n3)cc2)c(C(C)C)c1. The Labute approximate surface area is 266 Å². The number of rotatable bonds is 8. The molecule has 0 aliphatic carbocycles. The van der Waals surface area contributed by atoms with Gasteiger partial charge in [-0.25, -0.2) is 14.5 Å². The van der Waals surface area contributed by atoms with Gasteiger partial charge in [0, 0.05) is 11.8 Å². The van der Waals surface area contributed by atoms with Crippen LogP contribution in [-0.2, 0) is 4.79 Å². The summed E-state index contributed by atoms with van der Waals surface area (Å²) in [6.07, 6.45) is -1.77. The average Bonchev–Trinajstić information content (AvgIpc) is 3.66. The summed E-state index contributed by atoms with van der Waals surface area (Å²) >= 11 is 1.20. The summed E-state index contributed by atoms with van der Waals surface area (Å²) in [5.41, 5.74) is 4.36. The van der Waals surface area contributed by atoms with Crippen LogP contribution in [-0.4, -0.2) is 51.1 Å². The number of amides is 3. The molecular formula is C32H29F3N6O4S. The molecule has 1 aliphatic rings. The topological polar surface area (TPSA) is 111 Å². The standard InChI is InChI=1S/C32H29F3N6O4S/c1-19(2)26-15-25(44-4)13-14-27(26)41-28(42)17-46-31(41)38-30(43)36-16-20(3)21-5-7-22(8-6-21)29-37-18-40(39-29)23-9-11-24(12-10-23)45-32(33,34)35/h5-16,18-19H,17H2,1-4H3,(H,36,43)/b20-16+,38-31-. The number of benzene rings is 3. The Morgan fingerprint density at radius 3 is 2.41 bits per heavy atom. The fraction of sp³-hybridized carbons (Fsp3) is 0.219. The Hall–Kier alpha value is -5.11. The number of amidine groups is 1. The number of allylic oxidation sites excluding steroid dienone is 1. The van der Waals surface area contributed by atoms with E-state index in [4.69, 9.17) is 4.74 Å². The van der Waals surface area contributed by atoms with Crippen LogP contribution in [0.25, 0.3) is 22.6 Å². The van der Waals surface area contributed by atoms with Gasteiger partial charge in [0.15, 0.2) is 11.0 Å². The van der Waals surface area contributed by atoms with Crippen molar-refractivity contribution in [3.63, 3.8) is 0 Å². The number of alkyl halides is 3. The molecule has 0 atom stereocenters. The Morgan fingerprint density at radius 2 is 1.76 bits per heavy atom. The number of hydrogen-bond donors (Lipinski definition) is 1. The Kier molecular flexibility index (Phi) is 9.46. The van der Waals surface area contributed by atoms with E-state index in [1.165, 1.54) is 51.9 Å². The number of urea groups is 1. The van der Waals surface area contributed by atoms with E-state index in [9.17, 15) is 22.8 Å². The highest BCUT2D eigenvalue weighted by Crippen LogP contribution is 2.35. The number of ether oxygens (including phenoxy) is 2. The molecule has 46 heavy (non-hydrogen) atoms. The molecule has 5 rings (SSSR count). The number of aromatic nitrogens is 3. The minimum atomic E-state index is -4.77. The summed E-state index contributed by atoms with van der Waals surface area (Å²) < 4.78 is 48.0. The molecule has 4 aromatic rings. The predicted molar refractivity (Wildman–Crippen MR) is 170 cm³/mol. The fourth-order valence-electron chi connectivity index (χ4n) is 4.58. The molecule has 2 heterocycles. The fourth-order valence-corrected chi connectivity index (χ4v) is 5.44. The smallest absolute Gasteiger partial charge is 0.497 e. The normalized spacial score (nSPS) is 14.7. The van der Waals surface area contributed by atoms with E-state index in [-0.39, 0.29) is 23.3 Å². The largest absolute Gasteiger partial charge is 0.573 e. The van der Waals surface area contributed by atoms with Crippen molar-refractivity contribution >= 4 is 40.1 Å². The minimum absolute atomic E-state index is 0.101. The van der Waals surface area contributed by atoms with Gasteiger partial charge in [-0.05, 0) is 72.0 Å². The summed E-state index contributed by atoms with van der Waals surface area (Å²) in [6, 6.07) is 17.4. The first-order valence-corrected chi connectivity index (χ1v) is 15.0. The molecule has 0 spiro atoms. The lowest BCUT2D eigenvalue weighted by molar-refractivity contribution is -0.274. The van der Waals surface area contributed by atoms with Gasteiger partial charge in [-0.1, -0.05) is 49.9 Å². The van der Waals surface area contributed by atoms with E-state index >= 15 is 0 Å². The first-order chi connectivity index (χ1) is 21.9. The van der Waals surface area contributed by atoms with Crippen molar-refractivity contribution in [1.29, 1.82) is 0 Å². The molecule has 10 nitrogen and oxygen atoms in total. The third kappa shape index (κ3) is 7.57. The molecule has 1 N–H and O–H groups in total. The first-order valence-electron chi connectivity index (χ1n) is 14.0. The summed E-state index contributed by atoms with van der Waals surface area (Å²) in [5, 5.41) is 7.38. The number of nitrogens with one attached hydrogen (secondary N) is 1. The van der Waals surface area contributed by atoms with Gasteiger partial charge in [-0.3, -0.25) is 9.69 Å². The lowest BCUT2D eigenvalue weighted by Gasteiger charge is -2.22. The second-order valence-electron chi connectivity index (χ2n) is 10.4. The number of carbonyl (C=O) groups excluding carboxylic acids is 2. The van der Waals surface area contributed by atoms with Crippen LogP contribution in [0.5, 0.6) is 11.5 Å².